The summed E-state index contributed by atoms with van der Waals surface area (Å²) in [5, 5.41) is 17.4. The zero-order valence-corrected chi connectivity index (χ0v) is 23.9. The third kappa shape index (κ3) is 4.99. The minimum Gasteiger partial charge on any atom is -0.293 e. The number of nitrogens with zero attached hydrogens (tertiary/aromatic N) is 3. The molecule has 0 saturated heterocycles. The van der Waals surface area contributed by atoms with Crippen molar-refractivity contribution in [3.05, 3.63) is 150 Å². The first kappa shape index (κ1) is 27.5. The number of nitrogens with one attached hydrogen (secondary N) is 2. The Balaban J connectivity index is 1.30. The van der Waals surface area contributed by atoms with Gasteiger partial charge in [0.25, 0.3) is 5.92 Å². The molecule has 0 fully saturated rings. The van der Waals surface area contributed by atoms with Gasteiger partial charge in [-0.1, -0.05) is 127 Å². The molecule has 0 amide bonds. The molecule has 1 aliphatic rings. The molecule has 7 rings (SSSR count). The van der Waals surface area contributed by atoms with E-state index in [1.807, 2.05) is 78.9 Å². The second-order valence-corrected chi connectivity index (χ2v) is 11.3. The lowest BCUT2D eigenvalue weighted by atomic mass is 10.0. The van der Waals surface area contributed by atoms with Crippen molar-refractivity contribution in [1.29, 1.82) is 10.8 Å². The first-order valence-corrected chi connectivity index (χ1v) is 14.7. The van der Waals surface area contributed by atoms with E-state index in [2.05, 4.69) is 0 Å². The maximum atomic E-state index is 15.7. The summed E-state index contributed by atoms with van der Waals surface area (Å²) >= 11 is 0.984. The first-order valence-electron chi connectivity index (χ1n) is 13.8. The molecule has 44 heavy (non-hydrogen) atoms. The molecular weight excluding hydrogens is 572 g/mol. The highest BCUT2D eigenvalue weighted by Crippen LogP contribution is 2.52. The van der Waals surface area contributed by atoms with Crippen molar-refractivity contribution >= 4 is 21.8 Å². The van der Waals surface area contributed by atoms with Crippen molar-refractivity contribution in [1.82, 2.24) is 15.0 Å². The third-order valence-electron chi connectivity index (χ3n) is 7.47. The van der Waals surface area contributed by atoms with Crippen LogP contribution in [0.1, 0.15) is 22.3 Å². The van der Waals surface area contributed by atoms with Gasteiger partial charge in [-0.3, -0.25) is 10.8 Å². The fraction of sp³-hybridized carbons (Fsp3) is 0.0278. The Morgan fingerprint density at radius 2 is 0.955 bits per heavy atom. The van der Waals surface area contributed by atoms with Gasteiger partial charge in [-0.05, 0) is 23.3 Å². The fourth-order valence-electron chi connectivity index (χ4n) is 5.25. The van der Waals surface area contributed by atoms with Gasteiger partial charge >= 0.3 is 0 Å². The van der Waals surface area contributed by atoms with Gasteiger partial charge in [0, 0.05) is 38.9 Å². The Hall–Kier alpha value is -5.34. The van der Waals surface area contributed by atoms with E-state index >= 15 is 8.78 Å². The van der Waals surface area contributed by atoms with Crippen LogP contribution in [-0.2, 0) is 5.92 Å². The zero-order chi connectivity index (χ0) is 30.3. The molecule has 1 heterocycles. The highest BCUT2D eigenvalue weighted by molar-refractivity contribution is 8.27. The molecule has 2 N–H and O–H groups in total. The Bertz CT molecular complexity index is 1990. The number of rotatable bonds is 5. The van der Waals surface area contributed by atoms with Crippen molar-refractivity contribution in [2.45, 2.75) is 5.92 Å². The number of hydrogen-bond acceptors (Lipinski definition) is 6. The lowest BCUT2D eigenvalue weighted by molar-refractivity contribution is 0.0480. The Morgan fingerprint density at radius 3 is 1.52 bits per heavy atom. The second kappa shape index (κ2) is 11.1. The lowest BCUT2D eigenvalue weighted by Crippen LogP contribution is -2.11. The van der Waals surface area contributed by atoms with E-state index in [0.717, 1.165) is 22.9 Å². The SMILES string of the molecule is N=C(SC(=N)c1ccc2c(c1)-c1cc(-c3nc(-c4ccccc4)nc(-c4ccccc4)n3)ccc1C2(F)F)c1ccccc1. The molecule has 0 bridgehead atoms. The third-order valence-corrected chi connectivity index (χ3v) is 8.35. The van der Waals surface area contributed by atoms with Crippen molar-refractivity contribution in [3.63, 3.8) is 0 Å². The van der Waals surface area contributed by atoms with Crippen LogP contribution in [0.4, 0.5) is 8.78 Å². The Morgan fingerprint density at radius 1 is 0.500 bits per heavy atom. The minimum atomic E-state index is -3.20. The van der Waals surface area contributed by atoms with Gasteiger partial charge in [-0.25, -0.2) is 15.0 Å². The van der Waals surface area contributed by atoms with Crippen LogP contribution in [-0.4, -0.2) is 25.0 Å². The molecule has 1 aromatic heterocycles. The number of halogens is 2. The first-order chi connectivity index (χ1) is 21.4. The number of alkyl halides is 2. The van der Waals surface area contributed by atoms with Crippen molar-refractivity contribution in [2.75, 3.05) is 0 Å². The quantitative estimate of drug-likeness (QED) is 0.154. The monoisotopic (exact) mass is 595 g/mol. The van der Waals surface area contributed by atoms with Crippen LogP contribution in [0.25, 0.3) is 45.3 Å². The van der Waals surface area contributed by atoms with Gasteiger partial charge in [-0.2, -0.15) is 8.78 Å². The molecule has 0 saturated carbocycles. The lowest BCUT2D eigenvalue weighted by Gasteiger charge is -2.13. The van der Waals surface area contributed by atoms with Crippen LogP contribution in [0.15, 0.2) is 127 Å². The van der Waals surface area contributed by atoms with E-state index < -0.39 is 5.92 Å². The summed E-state index contributed by atoms with van der Waals surface area (Å²) in [6, 6.07) is 37.5. The summed E-state index contributed by atoms with van der Waals surface area (Å²) in [6.45, 7) is 0. The molecule has 1 aliphatic carbocycles. The topological polar surface area (TPSA) is 86.4 Å². The summed E-state index contributed by atoms with van der Waals surface area (Å²) in [7, 11) is 0. The summed E-state index contributed by atoms with van der Waals surface area (Å²) in [5.74, 6) is -1.87. The normalized spacial score (nSPS) is 12.8. The molecule has 0 spiro atoms. The van der Waals surface area contributed by atoms with Crippen LogP contribution in [0.5, 0.6) is 0 Å². The highest BCUT2D eigenvalue weighted by atomic mass is 32.2. The number of benzene rings is 5. The molecule has 0 unspecified atom stereocenters. The number of hydrogen-bond donors (Lipinski definition) is 2. The Labute approximate surface area is 256 Å². The van der Waals surface area contributed by atoms with Crippen LogP contribution in [0, 0.1) is 10.8 Å². The number of thioether (sulfide) groups is 1. The van der Waals surface area contributed by atoms with E-state index in [-0.39, 0.29) is 21.2 Å². The van der Waals surface area contributed by atoms with Gasteiger partial charge in [0.05, 0.1) is 0 Å². The van der Waals surface area contributed by atoms with Crippen molar-refractivity contribution in [3.8, 4) is 45.3 Å². The minimum absolute atomic E-state index is 0.104. The summed E-state index contributed by atoms with van der Waals surface area (Å²) in [5.41, 5.74) is 3.84. The molecule has 0 atom stereocenters. The molecule has 0 aliphatic heterocycles. The number of aromatic nitrogens is 3. The van der Waals surface area contributed by atoms with Gasteiger partial charge in [0.2, 0.25) is 0 Å². The number of fused-ring (bicyclic) bond motifs is 3. The standard InChI is InChI=1S/C36H23F2N5S/c37-36(38)29-18-16-25(32(40)44-31(39)22-10-4-1-5-11-22)20-27(29)28-21-26(17-19-30(28)36)35-42-33(23-12-6-2-7-13-23)41-34(43-35)24-14-8-3-9-15-24/h1-21,39-40H. The molecule has 5 nitrogen and oxygen atoms in total. The van der Waals surface area contributed by atoms with E-state index in [4.69, 9.17) is 25.8 Å². The van der Waals surface area contributed by atoms with Crippen molar-refractivity contribution < 1.29 is 8.78 Å². The largest absolute Gasteiger partial charge is 0.299 e. The van der Waals surface area contributed by atoms with Gasteiger partial charge in [-0.15, -0.1) is 0 Å². The molecule has 5 aromatic carbocycles. The average Bonchev–Trinajstić information content (AvgIpc) is 3.30. The van der Waals surface area contributed by atoms with E-state index in [0.29, 0.717) is 45.3 Å². The summed E-state index contributed by atoms with van der Waals surface area (Å²) < 4.78 is 31.3. The maximum absolute atomic E-state index is 15.7. The zero-order valence-electron chi connectivity index (χ0n) is 23.1. The van der Waals surface area contributed by atoms with Crippen LogP contribution in [0.2, 0.25) is 0 Å². The highest BCUT2D eigenvalue weighted by Gasteiger charge is 2.44. The van der Waals surface area contributed by atoms with E-state index in [9.17, 15) is 0 Å². The second-order valence-electron chi connectivity index (χ2n) is 10.3. The molecule has 212 valence electrons. The predicted molar refractivity (Wildman–Crippen MR) is 172 cm³/mol. The van der Waals surface area contributed by atoms with Crippen LogP contribution in [0.3, 0.4) is 0 Å². The van der Waals surface area contributed by atoms with Gasteiger partial charge in [0.1, 0.15) is 10.1 Å². The Kier molecular flexibility index (Phi) is 6.91. The average molecular weight is 596 g/mol. The fourth-order valence-corrected chi connectivity index (χ4v) is 5.96. The smallest absolute Gasteiger partial charge is 0.293 e. The van der Waals surface area contributed by atoms with Crippen LogP contribution >= 0.6 is 11.8 Å². The van der Waals surface area contributed by atoms with E-state index in [1.165, 1.54) is 18.2 Å². The summed E-state index contributed by atoms with van der Waals surface area (Å²) in [6.07, 6.45) is 0. The maximum Gasteiger partial charge on any atom is 0.299 e. The van der Waals surface area contributed by atoms with Gasteiger partial charge in [0.15, 0.2) is 17.5 Å². The van der Waals surface area contributed by atoms with E-state index in [1.54, 1.807) is 30.3 Å². The molecule has 8 heteroatoms. The molecule has 6 aromatic rings. The summed E-state index contributed by atoms with van der Waals surface area (Å²) in [4.78, 5) is 14.2. The molecule has 0 radical (unpaired) electrons. The van der Waals surface area contributed by atoms with Crippen molar-refractivity contribution in [2.24, 2.45) is 0 Å². The predicted octanol–water partition coefficient (Wildman–Crippen LogP) is 9.08. The van der Waals surface area contributed by atoms with Crippen LogP contribution < -0.4 is 0 Å². The molecular formula is C36H23F2N5S. The van der Waals surface area contributed by atoms with Gasteiger partial charge < -0.3 is 0 Å².